The van der Waals surface area contributed by atoms with Crippen LogP contribution < -0.4 is 36.5 Å². The Hall–Kier alpha value is -6.48. The number of aryl methyl sites for hydroxylation is 1. The molecule has 3 heterocycles. The van der Waals surface area contributed by atoms with Gasteiger partial charge in [-0.1, -0.05) is 12.1 Å². The zero-order valence-electron chi connectivity index (χ0n) is 36.4. The van der Waals surface area contributed by atoms with Crippen LogP contribution in [0.5, 0.6) is 5.75 Å². The van der Waals surface area contributed by atoms with Crippen molar-refractivity contribution in [1.82, 2.24) is 30.2 Å². The highest BCUT2D eigenvalue weighted by molar-refractivity contribution is 9.10. The number of aromatic nitrogens is 2. The maximum absolute atomic E-state index is 14.3. The summed E-state index contributed by atoms with van der Waals surface area (Å²) in [5, 5.41) is 10.7. The van der Waals surface area contributed by atoms with Crippen LogP contribution in [-0.2, 0) is 43.4 Å². The summed E-state index contributed by atoms with van der Waals surface area (Å²) in [4.78, 5) is 83.7. The second kappa shape index (κ2) is 24.0. The van der Waals surface area contributed by atoms with Crippen molar-refractivity contribution in [2.24, 2.45) is 5.73 Å². The summed E-state index contributed by atoms with van der Waals surface area (Å²) in [6, 6.07) is 11.7. The normalized spacial score (nSPS) is 14.7. The molecule has 3 aromatic carbocycles. The third-order valence-corrected chi connectivity index (χ3v) is 12.1. The van der Waals surface area contributed by atoms with Gasteiger partial charge in [0, 0.05) is 31.4 Å². The number of carbonyl (C=O) groups is 6. The molecule has 22 nitrogen and oxygen atoms in total. The Labute approximate surface area is 397 Å². The summed E-state index contributed by atoms with van der Waals surface area (Å²) in [5.41, 5.74) is 6.21. The molecule has 6 amide bonds. The third kappa shape index (κ3) is 13.4. The number of nitrogens with two attached hydrogens (primary N) is 1. The van der Waals surface area contributed by atoms with Crippen LogP contribution in [-0.4, -0.2) is 137 Å². The molecule has 2 aliphatic rings. The monoisotopic (exact) mass is 1030 g/mol. The standard InChI is InChI=1S/C43H47BrFN9O13S/c1-25-22-26(8-9-30(25)51-43-48-23-28(44)39(53-43)50-31-6-3-5-29(45)37(31)38(46)57)68(61,62)49-13-15-64-17-19-66-21-20-65-18-16-63-14-12-47-35(56)24-67-33-7-2-4-27-36(33)42(60)54(41(27)59)32-10-11-34(55)52-40(32)58/h2-9,22-23,32,49H,10-21,24H2,1H3,(H2,46,57)(H,47,56)(H,52,55,58)(H2,48,50,51,53). The van der Waals surface area contributed by atoms with Crippen molar-refractivity contribution in [3.05, 3.63) is 93.3 Å². The minimum absolute atomic E-state index is 0.0111. The molecule has 0 aliphatic carbocycles. The van der Waals surface area contributed by atoms with Crippen LogP contribution in [0.15, 0.2) is 70.2 Å². The van der Waals surface area contributed by atoms with Crippen LogP contribution in [0.2, 0.25) is 0 Å². The molecule has 2 aliphatic heterocycles. The highest BCUT2D eigenvalue weighted by Crippen LogP contribution is 2.34. The van der Waals surface area contributed by atoms with E-state index in [1.807, 2.05) is 0 Å². The van der Waals surface area contributed by atoms with Gasteiger partial charge in [0.05, 0.1) is 84.6 Å². The first kappa shape index (κ1) is 50.9. The minimum atomic E-state index is -3.87. The van der Waals surface area contributed by atoms with Gasteiger partial charge in [-0.05, 0) is 77.3 Å². The Morgan fingerprint density at radius 3 is 2.24 bits per heavy atom. The number of nitrogens with zero attached hydrogens (tertiary/aromatic N) is 3. The Balaban J connectivity index is 0.780. The van der Waals surface area contributed by atoms with Crippen molar-refractivity contribution in [2.45, 2.75) is 30.7 Å². The molecule has 1 atom stereocenters. The first-order valence-electron chi connectivity index (χ1n) is 20.9. The zero-order valence-corrected chi connectivity index (χ0v) is 38.8. The fraction of sp³-hybridized carbons (Fsp3) is 0.349. The highest BCUT2D eigenvalue weighted by Gasteiger charge is 2.46. The lowest BCUT2D eigenvalue weighted by Crippen LogP contribution is -2.54. The summed E-state index contributed by atoms with van der Waals surface area (Å²) < 4.78 is 70.5. The number of carbonyl (C=O) groups excluding carboxylic acids is 6. The largest absolute Gasteiger partial charge is 0.483 e. The molecule has 1 fully saturated rings. The first-order valence-corrected chi connectivity index (χ1v) is 23.2. The van der Waals surface area contributed by atoms with Crippen LogP contribution in [0.1, 0.15) is 49.5 Å². The third-order valence-electron chi connectivity index (χ3n) is 10.0. The molecule has 362 valence electrons. The summed E-state index contributed by atoms with van der Waals surface area (Å²) in [7, 11) is -3.87. The van der Waals surface area contributed by atoms with Gasteiger partial charge < -0.3 is 45.4 Å². The van der Waals surface area contributed by atoms with Gasteiger partial charge in [-0.25, -0.2) is 22.5 Å². The molecule has 0 bridgehead atoms. The molecule has 0 spiro atoms. The van der Waals surface area contributed by atoms with Gasteiger partial charge in [-0.15, -0.1) is 0 Å². The van der Waals surface area contributed by atoms with E-state index in [1.54, 1.807) is 13.0 Å². The molecule has 25 heteroatoms. The van der Waals surface area contributed by atoms with Gasteiger partial charge >= 0.3 is 0 Å². The maximum atomic E-state index is 14.3. The molecule has 0 radical (unpaired) electrons. The minimum Gasteiger partial charge on any atom is -0.483 e. The van der Waals surface area contributed by atoms with Gasteiger partial charge in [-0.2, -0.15) is 4.98 Å². The van der Waals surface area contributed by atoms with E-state index < -0.39 is 63.9 Å². The molecule has 0 saturated carbocycles. The Bertz CT molecular complexity index is 2660. The van der Waals surface area contributed by atoms with Gasteiger partial charge in [0.2, 0.25) is 27.8 Å². The number of piperidine rings is 1. The zero-order chi connectivity index (χ0) is 48.8. The number of ether oxygens (including phenoxy) is 5. The number of halogens is 2. The van der Waals surface area contributed by atoms with E-state index in [2.05, 4.69) is 51.9 Å². The summed E-state index contributed by atoms with van der Waals surface area (Å²) >= 11 is 3.33. The molecule has 4 aromatic rings. The SMILES string of the molecule is Cc1cc(S(=O)(=O)NCCOCCOCCOCCOCCNC(=O)COc2cccc3c2C(=O)N(C2CCC(=O)NC2=O)C3=O)ccc1Nc1ncc(Br)c(Nc2cccc(F)c2C(N)=O)n1. The van der Waals surface area contributed by atoms with Crippen molar-refractivity contribution in [3.63, 3.8) is 0 Å². The lowest BCUT2D eigenvalue weighted by atomic mass is 10.0. The number of sulfonamides is 1. The van der Waals surface area contributed by atoms with E-state index in [4.69, 9.17) is 29.4 Å². The molecule has 6 rings (SSSR count). The lowest BCUT2D eigenvalue weighted by molar-refractivity contribution is -0.136. The summed E-state index contributed by atoms with van der Waals surface area (Å²) in [6.45, 7) is 3.31. The number of nitrogens with one attached hydrogen (secondary N) is 5. The summed E-state index contributed by atoms with van der Waals surface area (Å²) in [5.74, 6) is -4.52. The number of amides is 6. The van der Waals surface area contributed by atoms with Crippen molar-refractivity contribution in [3.8, 4) is 5.75 Å². The summed E-state index contributed by atoms with van der Waals surface area (Å²) in [6.07, 6.45) is 1.45. The van der Waals surface area contributed by atoms with E-state index in [1.165, 1.54) is 48.7 Å². The van der Waals surface area contributed by atoms with E-state index >= 15 is 0 Å². The topological polar surface area (TPSA) is 298 Å². The fourth-order valence-electron chi connectivity index (χ4n) is 6.74. The van der Waals surface area contributed by atoms with Gasteiger partial charge in [0.25, 0.3) is 23.6 Å². The average molecular weight is 1030 g/mol. The number of hydrogen-bond donors (Lipinski definition) is 6. The molecule has 68 heavy (non-hydrogen) atoms. The van der Waals surface area contributed by atoms with E-state index in [9.17, 15) is 41.6 Å². The van der Waals surface area contributed by atoms with Crippen molar-refractivity contribution < 1.29 is 65.3 Å². The van der Waals surface area contributed by atoms with E-state index in [-0.39, 0.29) is 124 Å². The quantitative estimate of drug-likeness (QED) is 0.0388. The Morgan fingerprint density at radius 2 is 1.56 bits per heavy atom. The molecule has 7 N–H and O–H groups in total. The predicted molar refractivity (Wildman–Crippen MR) is 242 cm³/mol. The van der Waals surface area contributed by atoms with Crippen LogP contribution in [0.3, 0.4) is 0 Å². The molecule has 1 unspecified atom stereocenters. The van der Waals surface area contributed by atoms with Crippen molar-refractivity contribution in [2.75, 3.05) is 83.2 Å². The lowest BCUT2D eigenvalue weighted by Gasteiger charge is -2.27. The molecule has 1 aromatic heterocycles. The van der Waals surface area contributed by atoms with Crippen LogP contribution in [0.4, 0.5) is 27.5 Å². The number of rotatable bonds is 26. The van der Waals surface area contributed by atoms with E-state index in [0.717, 1.165) is 11.0 Å². The van der Waals surface area contributed by atoms with E-state index in [0.29, 0.717) is 15.7 Å². The number of primary amides is 1. The first-order chi connectivity index (χ1) is 32.6. The maximum Gasteiger partial charge on any atom is 0.266 e. The van der Waals surface area contributed by atoms with Crippen LogP contribution in [0.25, 0.3) is 0 Å². The van der Waals surface area contributed by atoms with Gasteiger partial charge in [-0.3, -0.25) is 39.0 Å². The highest BCUT2D eigenvalue weighted by atomic mass is 79.9. The number of fused-ring (bicyclic) bond motifs is 1. The Kier molecular flexibility index (Phi) is 18.0. The molecule has 1 saturated heterocycles. The average Bonchev–Trinajstić information content (AvgIpc) is 3.55. The van der Waals surface area contributed by atoms with Crippen molar-refractivity contribution >= 4 is 84.5 Å². The van der Waals surface area contributed by atoms with Crippen molar-refractivity contribution in [1.29, 1.82) is 0 Å². The predicted octanol–water partition coefficient (Wildman–Crippen LogP) is 2.21. The van der Waals surface area contributed by atoms with Gasteiger partial charge in [0.15, 0.2) is 6.61 Å². The number of hydrogen-bond acceptors (Lipinski definition) is 17. The smallest absolute Gasteiger partial charge is 0.266 e. The second-order valence-electron chi connectivity index (χ2n) is 14.8. The van der Waals surface area contributed by atoms with Crippen LogP contribution >= 0.6 is 15.9 Å². The van der Waals surface area contributed by atoms with Gasteiger partial charge in [0.1, 0.15) is 23.4 Å². The molecular formula is C43H47BrFN9O13S. The number of benzene rings is 3. The second-order valence-corrected chi connectivity index (χ2v) is 17.4. The Morgan fingerprint density at radius 1 is 0.882 bits per heavy atom. The number of imide groups is 2. The molecular weight excluding hydrogens is 981 g/mol. The fourth-order valence-corrected chi connectivity index (χ4v) is 8.13. The number of anilines is 4. The van der Waals surface area contributed by atoms with Crippen LogP contribution in [0, 0.1) is 12.7 Å².